The summed E-state index contributed by atoms with van der Waals surface area (Å²) in [7, 11) is 0. The largest absolute Gasteiger partial charge is 0.494 e. The topological polar surface area (TPSA) is 115 Å². The Balaban J connectivity index is 1.89. The second-order valence-electron chi connectivity index (χ2n) is 5.10. The van der Waals surface area contributed by atoms with Gasteiger partial charge in [0.1, 0.15) is 17.9 Å². The lowest BCUT2D eigenvalue weighted by Crippen LogP contribution is -2.06. The van der Waals surface area contributed by atoms with Crippen molar-refractivity contribution < 1.29 is 9.66 Å². The molecule has 9 nitrogen and oxygen atoms in total. The third kappa shape index (κ3) is 4.01. The van der Waals surface area contributed by atoms with E-state index in [9.17, 15) is 10.1 Å². The average Bonchev–Trinajstić information content (AvgIpc) is 2.64. The van der Waals surface area contributed by atoms with Crippen molar-refractivity contribution in [3.8, 4) is 5.75 Å². The molecule has 0 aliphatic carbocycles. The van der Waals surface area contributed by atoms with Crippen LogP contribution in [0.2, 0.25) is 0 Å². The number of nitrogens with zero attached hydrogens (tertiary/aromatic N) is 4. The quantitative estimate of drug-likeness (QED) is 0.489. The number of ether oxygens (including phenoxy) is 1. The van der Waals surface area contributed by atoms with Gasteiger partial charge >= 0.3 is 5.69 Å². The van der Waals surface area contributed by atoms with E-state index in [2.05, 4.69) is 25.6 Å². The van der Waals surface area contributed by atoms with Crippen LogP contribution in [0.25, 0.3) is 0 Å². The molecule has 0 fully saturated rings. The first-order valence-corrected chi connectivity index (χ1v) is 7.84. The fourth-order valence-electron chi connectivity index (χ4n) is 2.23. The number of pyridine rings is 1. The highest BCUT2D eigenvalue weighted by Gasteiger charge is 2.23. The van der Waals surface area contributed by atoms with E-state index in [-0.39, 0.29) is 17.3 Å². The highest BCUT2D eigenvalue weighted by molar-refractivity contribution is 5.76. The zero-order chi connectivity index (χ0) is 18.4. The molecule has 132 valence electrons. The van der Waals surface area contributed by atoms with Gasteiger partial charge in [0.05, 0.1) is 11.5 Å². The molecule has 0 unspecified atom stereocenters. The van der Waals surface area contributed by atoms with Crippen molar-refractivity contribution in [1.82, 2.24) is 15.0 Å². The van der Waals surface area contributed by atoms with E-state index >= 15 is 0 Å². The Morgan fingerprint density at radius 1 is 1.04 bits per heavy atom. The molecule has 2 heterocycles. The Bertz CT molecular complexity index is 887. The van der Waals surface area contributed by atoms with Crippen molar-refractivity contribution in [2.24, 2.45) is 0 Å². The minimum Gasteiger partial charge on any atom is -0.494 e. The summed E-state index contributed by atoms with van der Waals surface area (Å²) in [5.41, 5.74) is 0.367. The molecule has 0 aliphatic rings. The first-order chi connectivity index (χ1) is 12.7. The number of anilines is 4. The highest BCUT2D eigenvalue weighted by atomic mass is 16.6. The van der Waals surface area contributed by atoms with Crippen LogP contribution < -0.4 is 15.4 Å². The molecule has 2 aromatic heterocycles. The molecule has 0 atom stereocenters. The molecule has 3 aromatic rings. The molecule has 0 saturated carbocycles. The smallest absolute Gasteiger partial charge is 0.353 e. The van der Waals surface area contributed by atoms with Gasteiger partial charge in [-0.1, -0.05) is 6.07 Å². The first kappa shape index (κ1) is 17.1. The van der Waals surface area contributed by atoms with Crippen molar-refractivity contribution in [3.05, 3.63) is 65.1 Å². The van der Waals surface area contributed by atoms with E-state index < -0.39 is 4.92 Å². The number of nitrogens with one attached hydrogen (secondary N) is 2. The predicted octanol–water partition coefficient (Wildman–Crippen LogP) is 3.67. The number of nitro groups is 1. The van der Waals surface area contributed by atoms with Crippen molar-refractivity contribution >= 4 is 28.8 Å². The molecule has 0 bridgehead atoms. The summed E-state index contributed by atoms with van der Waals surface area (Å²) in [6.45, 7) is 2.46. The summed E-state index contributed by atoms with van der Waals surface area (Å²) < 4.78 is 5.38. The van der Waals surface area contributed by atoms with E-state index in [1.54, 1.807) is 48.7 Å². The fraction of sp³-hybridized carbons (Fsp3) is 0.118. The van der Waals surface area contributed by atoms with E-state index in [1.807, 2.05) is 6.92 Å². The predicted molar refractivity (Wildman–Crippen MR) is 97.1 cm³/mol. The molecule has 0 saturated heterocycles. The maximum absolute atomic E-state index is 11.6. The van der Waals surface area contributed by atoms with E-state index in [0.29, 0.717) is 23.9 Å². The van der Waals surface area contributed by atoms with Gasteiger partial charge < -0.3 is 15.4 Å². The van der Waals surface area contributed by atoms with Crippen molar-refractivity contribution in [2.45, 2.75) is 6.92 Å². The van der Waals surface area contributed by atoms with Gasteiger partial charge in [-0.15, -0.1) is 0 Å². The monoisotopic (exact) mass is 352 g/mol. The average molecular weight is 352 g/mol. The minimum atomic E-state index is -0.540. The molecule has 0 spiro atoms. The van der Waals surface area contributed by atoms with E-state index in [0.717, 1.165) is 0 Å². The summed E-state index contributed by atoms with van der Waals surface area (Å²) in [6.07, 6.45) is 2.82. The minimum absolute atomic E-state index is 0.0529. The van der Waals surface area contributed by atoms with Crippen LogP contribution in [0.15, 0.2) is 55.0 Å². The lowest BCUT2D eigenvalue weighted by atomic mass is 10.3. The zero-order valence-corrected chi connectivity index (χ0v) is 13.9. The Hall–Kier alpha value is -3.75. The van der Waals surface area contributed by atoms with Crippen LogP contribution in [0.4, 0.5) is 28.8 Å². The molecule has 0 aliphatic heterocycles. The Morgan fingerprint density at radius 2 is 1.77 bits per heavy atom. The van der Waals surface area contributed by atoms with Gasteiger partial charge in [0, 0.05) is 11.9 Å². The van der Waals surface area contributed by atoms with Crippen LogP contribution in [0.3, 0.4) is 0 Å². The van der Waals surface area contributed by atoms with Gasteiger partial charge in [0.25, 0.3) is 0 Å². The van der Waals surface area contributed by atoms with Crippen molar-refractivity contribution in [1.29, 1.82) is 0 Å². The number of benzene rings is 1. The Morgan fingerprint density at radius 3 is 2.38 bits per heavy atom. The standard InChI is InChI=1S/C17H16N6O3/c1-2-26-13-8-6-12(7-9-13)21-16-15(23(24)25)17(20-11-19-16)22-14-5-3-4-10-18-14/h3-11H,2H2,1H3,(H2,18,19,20,21,22). The fourth-order valence-corrected chi connectivity index (χ4v) is 2.23. The maximum Gasteiger partial charge on any atom is 0.353 e. The number of hydrogen-bond donors (Lipinski definition) is 2. The second-order valence-corrected chi connectivity index (χ2v) is 5.10. The van der Waals surface area contributed by atoms with Crippen LogP contribution in [-0.2, 0) is 0 Å². The summed E-state index contributed by atoms with van der Waals surface area (Å²) in [6, 6.07) is 12.2. The van der Waals surface area contributed by atoms with Gasteiger partial charge in [-0.2, -0.15) is 0 Å². The molecular weight excluding hydrogens is 336 g/mol. The van der Waals surface area contributed by atoms with Crippen molar-refractivity contribution in [2.75, 3.05) is 17.2 Å². The summed E-state index contributed by atoms with van der Waals surface area (Å²) >= 11 is 0. The summed E-state index contributed by atoms with van der Waals surface area (Å²) in [5, 5.41) is 17.4. The Kier molecular flexibility index (Phi) is 5.18. The number of aromatic nitrogens is 3. The zero-order valence-electron chi connectivity index (χ0n) is 13.9. The first-order valence-electron chi connectivity index (χ1n) is 7.84. The number of rotatable bonds is 7. The van der Waals surface area contributed by atoms with Crippen LogP contribution >= 0.6 is 0 Å². The highest BCUT2D eigenvalue weighted by Crippen LogP contribution is 2.32. The molecule has 0 amide bonds. The normalized spacial score (nSPS) is 10.2. The molecule has 0 radical (unpaired) electrons. The molecule has 9 heteroatoms. The van der Waals surface area contributed by atoms with Crippen LogP contribution in [0.1, 0.15) is 6.92 Å². The lowest BCUT2D eigenvalue weighted by molar-refractivity contribution is -0.383. The van der Waals surface area contributed by atoms with Gasteiger partial charge in [0.15, 0.2) is 0 Å². The Labute approximate surface area is 149 Å². The second kappa shape index (κ2) is 7.88. The molecule has 3 rings (SSSR count). The van der Waals surface area contributed by atoms with Gasteiger partial charge in [0.2, 0.25) is 11.6 Å². The van der Waals surface area contributed by atoms with Crippen molar-refractivity contribution in [3.63, 3.8) is 0 Å². The van der Waals surface area contributed by atoms with Gasteiger partial charge in [-0.3, -0.25) is 10.1 Å². The van der Waals surface area contributed by atoms with Crippen LogP contribution in [-0.4, -0.2) is 26.5 Å². The molecule has 2 N–H and O–H groups in total. The summed E-state index contributed by atoms with van der Waals surface area (Å²) in [5.74, 6) is 1.29. The maximum atomic E-state index is 11.6. The van der Waals surface area contributed by atoms with Gasteiger partial charge in [-0.25, -0.2) is 15.0 Å². The van der Waals surface area contributed by atoms with Gasteiger partial charge in [-0.05, 0) is 43.3 Å². The number of hydrogen-bond acceptors (Lipinski definition) is 8. The third-order valence-electron chi connectivity index (χ3n) is 3.34. The lowest BCUT2D eigenvalue weighted by Gasteiger charge is -2.10. The SMILES string of the molecule is CCOc1ccc(Nc2ncnc(Nc3ccccn3)c2[N+](=O)[O-])cc1. The molecule has 1 aromatic carbocycles. The van der Waals surface area contributed by atoms with Crippen LogP contribution in [0.5, 0.6) is 5.75 Å². The molecule has 26 heavy (non-hydrogen) atoms. The third-order valence-corrected chi connectivity index (χ3v) is 3.34. The molecular formula is C17H16N6O3. The summed E-state index contributed by atoms with van der Waals surface area (Å²) in [4.78, 5) is 23.1. The van der Waals surface area contributed by atoms with E-state index in [4.69, 9.17) is 4.74 Å². The van der Waals surface area contributed by atoms with Crippen LogP contribution in [0, 0.1) is 10.1 Å². The van der Waals surface area contributed by atoms with E-state index in [1.165, 1.54) is 6.33 Å².